The van der Waals surface area contributed by atoms with Crippen LogP contribution in [0.4, 0.5) is 0 Å². The number of hydrogen-bond acceptors (Lipinski definition) is 3. The maximum atomic E-state index is 11.7. The molecule has 0 aromatic carbocycles. The van der Waals surface area contributed by atoms with Crippen molar-refractivity contribution in [3.8, 4) is 0 Å². The maximum Gasteiger partial charge on any atom is 0.220 e. The van der Waals surface area contributed by atoms with Crippen LogP contribution < -0.4 is 5.73 Å². The SMILES string of the molecule is CCCS(=O)(=O)N1CCC(C(N)=O)CC1. The fraction of sp³-hybridized carbons (Fsp3) is 0.889. The Morgan fingerprint density at radius 3 is 2.33 bits per heavy atom. The van der Waals surface area contributed by atoms with Gasteiger partial charge in [0, 0.05) is 19.0 Å². The summed E-state index contributed by atoms with van der Waals surface area (Å²) in [5.41, 5.74) is 5.17. The lowest BCUT2D eigenvalue weighted by Gasteiger charge is -2.29. The summed E-state index contributed by atoms with van der Waals surface area (Å²) in [5.74, 6) is -0.283. The average Bonchev–Trinajstić information content (AvgIpc) is 2.18. The molecule has 2 N–H and O–H groups in total. The Morgan fingerprint density at radius 2 is 1.93 bits per heavy atom. The van der Waals surface area contributed by atoms with Crippen LogP contribution in [-0.4, -0.2) is 37.5 Å². The minimum absolute atomic E-state index is 0.155. The predicted molar refractivity (Wildman–Crippen MR) is 57.6 cm³/mol. The van der Waals surface area contributed by atoms with Gasteiger partial charge in [0.1, 0.15) is 0 Å². The summed E-state index contributed by atoms with van der Waals surface area (Å²) in [6, 6.07) is 0. The highest BCUT2D eigenvalue weighted by Gasteiger charge is 2.29. The van der Waals surface area contributed by atoms with Crippen LogP contribution in [-0.2, 0) is 14.8 Å². The van der Waals surface area contributed by atoms with Gasteiger partial charge in [0.05, 0.1) is 5.75 Å². The third-order valence-electron chi connectivity index (χ3n) is 2.71. The Labute approximate surface area is 90.7 Å². The van der Waals surface area contributed by atoms with E-state index in [0.29, 0.717) is 32.4 Å². The molecule has 1 fully saturated rings. The highest BCUT2D eigenvalue weighted by atomic mass is 32.2. The summed E-state index contributed by atoms with van der Waals surface area (Å²) in [5, 5.41) is 0. The Bertz CT molecular complexity index is 318. The minimum Gasteiger partial charge on any atom is -0.369 e. The van der Waals surface area contributed by atoms with Crippen LogP contribution in [0.3, 0.4) is 0 Å². The Hall–Kier alpha value is -0.620. The van der Waals surface area contributed by atoms with Gasteiger partial charge in [-0.1, -0.05) is 6.92 Å². The first kappa shape index (κ1) is 12.4. The first-order chi connectivity index (χ1) is 6.97. The van der Waals surface area contributed by atoms with Crippen molar-refractivity contribution in [2.24, 2.45) is 11.7 Å². The second kappa shape index (κ2) is 4.94. The van der Waals surface area contributed by atoms with Crippen LogP contribution in [0.1, 0.15) is 26.2 Å². The molecular formula is C9H18N2O3S. The zero-order chi connectivity index (χ0) is 11.5. The van der Waals surface area contributed by atoms with Crippen molar-refractivity contribution in [1.29, 1.82) is 0 Å². The second-order valence-corrected chi connectivity index (χ2v) is 5.98. The summed E-state index contributed by atoms with van der Waals surface area (Å²) in [6.45, 7) is 2.69. The molecule has 1 rings (SSSR count). The normalized spacial score (nSPS) is 20.3. The highest BCUT2D eigenvalue weighted by molar-refractivity contribution is 7.89. The lowest BCUT2D eigenvalue weighted by molar-refractivity contribution is -0.122. The summed E-state index contributed by atoms with van der Waals surface area (Å²) in [6.07, 6.45) is 1.73. The van der Waals surface area contributed by atoms with Gasteiger partial charge < -0.3 is 5.73 Å². The van der Waals surface area contributed by atoms with E-state index in [4.69, 9.17) is 5.73 Å². The molecule has 0 saturated carbocycles. The molecule has 1 aliphatic heterocycles. The van der Waals surface area contributed by atoms with Crippen molar-refractivity contribution in [2.75, 3.05) is 18.8 Å². The van der Waals surface area contributed by atoms with Crippen molar-refractivity contribution in [3.63, 3.8) is 0 Å². The summed E-state index contributed by atoms with van der Waals surface area (Å²) in [7, 11) is -3.10. The first-order valence-electron chi connectivity index (χ1n) is 5.24. The van der Waals surface area contributed by atoms with Gasteiger partial charge in [-0.25, -0.2) is 12.7 Å². The zero-order valence-electron chi connectivity index (χ0n) is 8.98. The molecule has 15 heavy (non-hydrogen) atoms. The summed E-state index contributed by atoms with van der Waals surface area (Å²) < 4.78 is 24.8. The van der Waals surface area contributed by atoms with E-state index in [1.165, 1.54) is 4.31 Å². The molecule has 0 spiro atoms. The smallest absolute Gasteiger partial charge is 0.220 e. The monoisotopic (exact) mass is 234 g/mol. The van der Waals surface area contributed by atoms with Gasteiger partial charge in [-0.05, 0) is 19.3 Å². The topological polar surface area (TPSA) is 80.5 Å². The van der Waals surface area contributed by atoms with Gasteiger partial charge in [-0.15, -0.1) is 0 Å². The Morgan fingerprint density at radius 1 is 1.40 bits per heavy atom. The average molecular weight is 234 g/mol. The molecule has 0 aromatic heterocycles. The van der Waals surface area contributed by atoms with Crippen LogP contribution in [0.5, 0.6) is 0 Å². The van der Waals surface area contributed by atoms with E-state index in [2.05, 4.69) is 0 Å². The molecule has 0 atom stereocenters. The van der Waals surface area contributed by atoms with Crippen molar-refractivity contribution in [1.82, 2.24) is 4.31 Å². The maximum absolute atomic E-state index is 11.7. The number of carbonyl (C=O) groups excluding carboxylic acids is 1. The molecule has 1 amide bonds. The van der Waals surface area contributed by atoms with Gasteiger partial charge in [0.25, 0.3) is 0 Å². The van der Waals surface area contributed by atoms with E-state index in [1.807, 2.05) is 6.92 Å². The number of amides is 1. The molecule has 6 heteroatoms. The largest absolute Gasteiger partial charge is 0.369 e. The molecule has 1 saturated heterocycles. The highest BCUT2D eigenvalue weighted by Crippen LogP contribution is 2.19. The van der Waals surface area contributed by atoms with Crippen molar-refractivity contribution >= 4 is 15.9 Å². The van der Waals surface area contributed by atoms with E-state index in [-0.39, 0.29) is 17.6 Å². The number of nitrogens with two attached hydrogens (primary N) is 1. The van der Waals surface area contributed by atoms with Crippen LogP contribution in [0, 0.1) is 5.92 Å². The number of hydrogen-bond donors (Lipinski definition) is 1. The first-order valence-corrected chi connectivity index (χ1v) is 6.85. The number of piperidine rings is 1. The van der Waals surface area contributed by atoms with Crippen molar-refractivity contribution in [3.05, 3.63) is 0 Å². The molecule has 1 heterocycles. The number of sulfonamides is 1. The summed E-state index contributed by atoms with van der Waals surface area (Å²) in [4.78, 5) is 10.9. The molecular weight excluding hydrogens is 216 g/mol. The van der Waals surface area contributed by atoms with Crippen LogP contribution in [0.2, 0.25) is 0 Å². The number of carbonyl (C=O) groups is 1. The van der Waals surface area contributed by atoms with Gasteiger partial charge >= 0.3 is 0 Å². The predicted octanol–water partition coefficient (Wildman–Crippen LogP) is -0.0765. The third-order valence-corrected chi connectivity index (χ3v) is 4.79. The van der Waals surface area contributed by atoms with E-state index >= 15 is 0 Å². The third kappa shape index (κ3) is 3.17. The number of rotatable bonds is 4. The minimum atomic E-state index is -3.10. The van der Waals surface area contributed by atoms with Gasteiger partial charge in [0.15, 0.2) is 0 Å². The Kier molecular flexibility index (Phi) is 4.10. The molecule has 0 unspecified atom stereocenters. The van der Waals surface area contributed by atoms with Crippen LogP contribution in [0.25, 0.3) is 0 Å². The fourth-order valence-corrected chi connectivity index (χ4v) is 3.35. The van der Waals surface area contributed by atoms with E-state index in [0.717, 1.165) is 0 Å². The molecule has 5 nitrogen and oxygen atoms in total. The molecule has 88 valence electrons. The fourth-order valence-electron chi connectivity index (χ4n) is 1.81. The number of nitrogens with zero attached hydrogens (tertiary/aromatic N) is 1. The lowest BCUT2D eigenvalue weighted by Crippen LogP contribution is -2.42. The summed E-state index contributed by atoms with van der Waals surface area (Å²) >= 11 is 0. The van der Waals surface area contributed by atoms with Crippen LogP contribution in [0.15, 0.2) is 0 Å². The van der Waals surface area contributed by atoms with Crippen molar-refractivity contribution < 1.29 is 13.2 Å². The standard InChI is InChI=1S/C9H18N2O3S/c1-2-7-15(13,14)11-5-3-8(4-6-11)9(10)12/h8H,2-7H2,1H3,(H2,10,12). The van der Waals surface area contributed by atoms with Gasteiger partial charge in [0.2, 0.25) is 15.9 Å². The van der Waals surface area contributed by atoms with Gasteiger partial charge in [-0.3, -0.25) is 4.79 Å². The molecule has 0 radical (unpaired) electrons. The van der Waals surface area contributed by atoms with E-state index < -0.39 is 10.0 Å². The molecule has 0 aromatic rings. The van der Waals surface area contributed by atoms with Crippen LogP contribution >= 0.6 is 0 Å². The van der Waals surface area contributed by atoms with E-state index in [9.17, 15) is 13.2 Å². The second-order valence-electron chi connectivity index (χ2n) is 3.89. The quantitative estimate of drug-likeness (QED) is 0.739. The van der Waals surface area contributed by atoms with E-state index in [1.54, 1.807) is 0 Å². The molecule has 1 aliphatic rings. The Balaban J connectivity index is 2.54. The van der Waals surface area contributed by atoms with Gasteiger partial charge in [-0.2, -0.15) is 0 Å². The molecule has 0 bridgehead atoms. The molecule has 0 aliphatic carbocycles. The zero-order valence-corrected chi connectivity index (χ0v) is 9.79. The van der Waals surface area contributed by atoms with Crippen molar-refractivity contribution in [2.45, 2.75) is 26.2 Å². The number of primary amides is 1. The lowest BCUT2D eigenvalue weighted by atomic mass is 9.98.